The number of hydrogen-bond acceptors (Lipinski definition) is 7. The van der Waals surface area contributed by atoms with E-state index in [9.17, 15) is 14.9 Å². The summed E-state index contributed by atoms with van der Waals surface area (Å²) in [7, 11) is 0. The van der Waals surface area contributed by atoms with Crippen molar-refractivity contribution in [2.24, 2.45) is 0 Å². The standard InChI is InChI=1S/C16H19N5O4/c22-16-15(19-7-4-17-5-8-19)18-6-9-20(16)10-11-25-14-3-1-2-13(12-14)21(23)24/h1-3,6,9,12,17H,4-5,7-8,10-11H2. The summed E-state index contributed by atoms with van der Waals surface area (Å²) >= 11 is 0. The molecule has 1 aliphatic rings. The minimum Gasteiger partial charge on any atom is -0.491 e. The van der Waals surface area contributed by atoms with Gasteiger partial charge in [0.05, 0.1) is 17.5 Å². The van der Waals surface area contributed by atoms with Crippen molar-refractivity contribution in [1.29, 1.82) is 0 Å². The van der Waals surface area contributed by atoms with Crippen molar-refractivity contribution in [1.82, 2.24) is 14.9 Å². The number of nitrogens with zero attached hydrogens (tertiary/aromatic N) is 4. The number of rotatable bonds is 6. The van der Waals surface area contributed by atoms with Gasteiger partial charge >= 0.3 is 0 Å². The van der Waals surface area contributed by atoms with E-state index in [0.717, 1.165) is 26.2 Å². The number of piperazine rings is 1. The molecular formula is C16H19N5O4. The average Bonchev–Trinajstić information content (AvgIpc) is 2.64. The van der Waals surface area contributed by atoms with Gasteiger partial charge in [0.25, 0.3) is 11.2 Å². The molecule has 0 radical (unpaired) electrons. The number of benzene rings is 1. The molecule has 1 aromatic carbocycles. The van der Waals surface area contributed by atoms with Gasteiger partial charge < -0.3 is 19.5 Å². The molecule has 9 nitrogen and oxygen atoms in total. The van der Waals surface area contributed by atoms with Crippen LogP contribution in [0.25, 0.3) is 0 Å². The van der Waals surface area contributed by atoms with E-state index in [2.05, 4.69) is 10.3 Å². The first kappa shape index (κ1) is 16.9. The molecule has 2 heterocycles. The molecule has 0 spiro atoms. The van der Waals surface area contributed by atoms with Gasteiger partial charge in [-0.1, -0.05) is 6.07 Å². The van der Waals surface area contributed by atoms with Crippen LogP contribution in [-0.2, 0) is 6.54 Å². The van der Waals surface area contributed by atoms with E-state index in [0.29, 0.717) is 18.1 Å². The lowest BCUT2D eigenvalue weighted by molar-refractivity contribution is -0.384. The molecule has 1 saturated heterocycles. The lowest BCUT2D eigenvalue weighted by Gasteiger charge is -2.27. The maximum Gasteiger partial charge on any atom is 0.293 e. The van der Waals surface area contributed by atoms with E-state index in [-0.39, 0.29) is 17.9 Å². The first-order valence-electron chi connectivity index (χ1n) is 8.03. The van der Waals surface area contributed by atoms with Crippen molar-refractivity contribution < 1.29 is 9.66 Å². The molecule has 0 unspecified atom stereocenters. The van der Waals surface area contributed by atoms with Crippen LogP contribution in [0.2, 0.25) is 0 Å². The summed E-state index contributed by atoms with van der Waals surface area (Å²) in [6.45, 7) is 3.71. The van der Waals surface area contributed by atoms with Crippen LogP contribution in [0.3, 0.4) is 0 Å². The number of hydrogen-bond donors (Lipinski definition) is 1. The molecule has 0 aliphatic carbocycles. The van der Waals surface area contributed by atoms with Crippen LogP contribution in [0, 0.1) is 10.1 Å². The first-order chi connectivity index (χ1) is 12.1. The molecular weight excluding hydrogens is 326 g/mol. The Morgan fingerprint density at radius 3 is 2.88 bits per heavy atom. The lowest BCUT2D eigenvalue weighted by atomic mass is 10.3. The Morgan fingerprint density at radius 2 is 2.12 bits per heavy atom. The number of nitro benzene ring substituents is 1. The molecule has 3 rings (SSSR count). The highest BCUT2D eigenvalue weighted by molar-refractivity contribution is 5.38. The molecule has 0 atom stereocenters. The Kier molecular flexibility index (Phi) is 5.24. The summed E-state index contributed by atoms with van der Waals surface area (Å²) < 4.78 is 7.08. The topological polar surface area (TPSA) is 103 Å². The van der Waals surface area contributed by atoms with Gasteiger partial charge in [-0.15, -0.1) is 0 Å². The van der Waals surface area contributed by atoms with Crippen LogP contribution in [0.5, 0.6) is 5.75 Å². The van der Waals surface area contributed by atoms with Crippen molar-refractivity contribution in [2.45, 2.75) is 6.54 Å². The predicted octanol–water partition coefficient (Wildman–Crippen LogP) is 0.640. The zero-order valence-electron chi connectivity index (χ0n) is 13.6. The number of nitrogens with one attached hydrogen (secondary N) is 1. The summed E-state index contributed by atoms with van der Waals surface area (Å²) in [5.74, 6) is 0.845. The summed E-state index contributed by atoms with van der Waals surface area (Å²) in [6.07, 6.45) is 3.22. The second kappa shape index (κ2) is 7.75. The van der Waals surface area contributed by atoms with Crippen molar-refractivity contribution in [3.63, 3.8) is 0 Å². The molecule has 1 aliphatic heterocycles. The molecule has 0 saturated carbocycles. The van der Waals surface area contributed by atoms with Gasteiger partial charge in [-0.25, -0.2) is 4.98 Å². The number of aromatic nitrogens is 2. The van der Waals surface area contributed by atoms with Gasteiger partial charge in [-0.05, 0) is 6.07 Å². The number of anilines is 1. The Labute approximate surface area is 144 Å². The highest BCUT2D eigenvalue weighted by atomic mass is 16.6. The van der Waals surface area contributed by atoms with Gasteiger partial charge in [-0.2, -0.15) is 0 Å². The third-order valence-corrected chi connectivity index (χ3v) is 3.94. The Morgan fingerprint density at radius 1 is 1.32 bits per heavy atom. The van der Waals surface area contributed by atoms with Crippen molar-refractivity contribution in [3.8, 4) is 5.75 Å². The fourth-order valence-electron chi connectivity index (χ4n) is 2.65. The zero-order chi connectivity index (χ0) is 17.6. The molecule has 1 fully saturated rings. The minimum atomic E-state index is -0.472. The summed E-state index contributed by atoms with van der Waals surface area (Å²) in [4.78, 5) is 29.0. The fraction of sp³-hybridized carbons (Fsp3) is 0.375. The normalized spacial score (nSPS) is 14.3. The Hall–Kier alpha value is -2.94. The van der Waals surface area contributed by atoms with E-state index >= 15 is 0 Å². The summed E-state index contributed by atoms with van der Waals surface area (Å²) in [5, 5.41) is 14.0. The molecule has 0 bridgehead atoms. The van der Waals surface area contributed by atoms with Gasteiger partial charge in [0.15, 0.2) is 5.82 Å². The quantitative estimate of drug-likeness (QED) is 0.605. The molecule has 0 amide bonds. The van der Waals surface area contributed by atoms with E-state index < -0.39 is 4.92 Å². The van der Waals surface area contributed by atoms with Gasteiger partial charge in [-0.3, -0.25) is 14.9 Å². The average molecular weight is 345 g/mol. The molecule has 25 heavy (non-hydrogen) atoms. The second-order valence-electron chi connectivity index (χ2n) is 5.59. The van der Waals surface area contributed by atoms with Crippen molar-refractivity contribution in [2.75, 3.05) is 37.7 Å². The van der Waals surface area contributed by atoms with E-state index in [1.165, 1.54) is 12.1 Å². The van der Waals surface area contributed by atoms with E-state index in [1.54, 1.807) is 29.1 Å². The third kappa shape index (κ3) is 4.13. The van der Waals surface area contributed by atoms with Gasteiger partial charge in [0, 0.05) is 44.6 Å². The van der Waals surface area contributed by atoms with Crippen molar-refractivity contribution >= 4 is 11.5 Å². The van der Waals surface area contributed by atoms with Gasteiger partial charge in [0.1, 0.15) is 12.4 Å². The smallest absolute Gasteiger partial charge is 0.293 e. The van der Waals surface area contributed by atoms with Gasteiger partial charge in [0.2, 0.25) is 0 Å². The summed E-state index contributed by atoms with van der Waals surface area (Å²) in [5.41, 5.74) is -0.188. The van der Waals surface area contributed by atoms with Crippen LogP contribution in [0.15, 0.2) is 41.5 Å². The molecule has 9 heteroatoms. The first-order valence-corrected chi connectivity index (χ1v) is 8.03. The Bertz CT molecular complexity index is 801. The molecule has 2 aromatic rings. The molecule has 1 aromatic heterocycles. The highest BCUT2D eigenvalue weighted by Gasteiger charge is 2.16. The maximum absolute atomic E-state index is 12.5. The zero-order valence-corrected chi connectivity index (χ0v) is 13.6. The predicted molar refractivity (Wildman–Crippen MR) is 92.2 cm³/mol. The number of nitro groups is 1. The Balaban J connectivity index is 1.64. The molecule has 1 N–H and O–H groups in total. The summed E-state index contributed by atoms with van der Waals surface area (Å²) in [6, 6.07) is 5.98. The minimum absolute atomic E-state index is 0.0282. The van der Waals surface area contributed by atoms with Crippen molar-refractivity contribution in [3.05, 3.63) is 57.1 Å². The largest absolute Gasteiger partial charge is 0.491 e. The highest BCUT2D eigenvalue weighted by Crippen LogP contribution is 2.18. The van der Waals surface area contributed by atoms with Crippen LogP contribution in [0.4, 0.5) is 11.5 Å². The SMILES string of the molecule is O=c1c(N2CCNCC2)nccn1CCOc1cccc([N+](=O)[O-])c1. The maximum atomic E-state index is 12.5. The second-order valence-corrected chi connectivity index (χ2v) is 5.59. The van der Waals surface area contributed by atoms with Crippen LogP contribution >= 0.6 is 0 Å². The van der Waals surface area contributed by atoms with Crippen LogP contribution in [-0.4, -0.2) is 47.3 Å². The number of ether oxygens (including phenoxy) is 1. The fourth-order valence-corrected chi connectivity index (χ4v) is 2.65. The molecule has 132 valence electrons. The number of non-ortho nitro benzene ring substituents is 1. The van der Waals surface area contributed by atoms with E-state index in [4.69, 9.17) is 4.74 Å². The lowest BCUT2D eigenvalue weighted by Crippen LogP contribution is -2.46. The van der Waals surface area contributed by atoms with E-state index in [1.807, 2.05) is 4.90 Å². The third-order valence-electron chi connectivity index (χ3n) is 3.94. The van der Waals surface area contributed by atoms with Crippen LogP contribution < -0.4 is 20.5 Å². The monoisotopic (exact) mass is 345 g/mol. The van der Waals surface area contributed by atoms with Crippen LogP contribution in [0.1, 0.15) is 0 Å².